The Labute approximate surface area is 252 Å². The topological polar surface area (TPSA) is 147 Å². The quantitative estimate of drug-likeness (QED) is 0.176. The molecule has 0 bridgehead atoms. The fourth-order valence-electron chi connectivity index (χ4n) is 4.63. The summed E-state index contributed by atoms with van der Waals surface area (Å²) in [5.41, 5.74) is 15.5. The minimum Gasteiger partial charge on any atom is -0.493 e. The summed E-state index contributed by atoms with van der Waals surface area (Å²) in [4.78, 5) is 13.0. The standard InChI is InChI=1S/C27H34Cl2N8O3S/c1-35(2)15-17-9-16(12-34-27(17)36-5-7-37(8-6-36)41(4)38)25(31)18-10-23(22(39-3)11-21(18)30)40-26(32)24-19(28)13-33-14-20(24)29/h9-14,26,31H,5-8,15,30,32H2,1-4H3/t26-,41?/m0/s1. The monoisotopic (exact) mass is 620 g/mol. The molecule has 1 fully saturated rings. The molecule has 1 aliphatic rings. The van der Waals surface area contributed by atoms with E-state index in [1.807, 2.05) is 24.5 Å². The van der Waals surface area contributed by atoms with Gasteiger partial charge >= 0.3 is 0 Å². The number of methoxy groups -OCH3 is 1. The molecule has 11 nitrogen and oxygen atoms in total. The molecule has 0 amide bonds. The molecular weight excluding hydrogens is 587 g/mol. The zero-order valence-electron chi connectivity index (χ0n) is 23.4. The maximum absolute atomic E-state index is 11.9. The van der Waals surface area contributed by atoms with Crippen molar-refractivity contribution in [1.82, 2.24) is 19.2 Å². The fraction of sp³-hybridized carbons (Fsp3) is 0.370. The molecule has 2 aromatic heterocycles. The number of hydrogen-bond donors (Lipinski definition) is 3. The van der Waals surface area contributed by atoms with Crippen LogP contribution in [0.5, 0.6) is 11.5 Å². The van der Waals surface area contributed by atoms with Gasteiger partial charge in [-0.2, -0.15) is 0 Å². The van der Waals surface area contributed by atoms with Crippen molar-refractivity contribution >= 4 is 51.4 Å². The number of nitrogens with two attached hydrogens (primary N) is 2. The smallest absolute Gasteiger partial charge is 0.177 e. The number of aromatic nitrogens is 2. The highest BCUT2D eigenvalue weighted by Crippen LogP contribution is 2.37. The Morgan fingerprint density at radius 1 is 1.12 bits per heavy atom. The van der Waals surface area contributed by atoms with Crippen LogP contribution in [0.25, 0.3) is 0 Å². The Morgan fingerprint density at radius 3 is 2.37 bits per heavy atom. The van der Waals surface area contributed by atoms with Crippen LogP contribution in [0.15, 0.2) is 36.8 Å². The van der Waals surface area contributed by atoms with Gasteiger partial charge in [-0.1, -0.05) is 23.2 Å². The van der Waals surface area contributed by atoms with Crippen LogP contribution in [-0.2, 0) is 17.5 Å². The lowest BCUT2D eigenvalue weighted by Gasteiger charge is -2.35. The van der Waals surface area contributed by atoms with E-state index in [-0.39, 0.29) is 21.5 Å². The number of ether oxygens (including phenoxy) is 2. The first-order chi connectivity index (χ1) is 19.5. The van der Waals surface area contributed by atoms with Gasteiger partial charge in [0.2, 0.25) is 0 Å². The van der Waals surface area contributed by atoms with Gasteiger partial charge in [-0.05, 0) is 26.2 Å². The molecule has 0 aliphatic carbocycles. The van der Waals surface area contributed by atoms with E-state index in [0.717, 1.165) is 11.4 Å². The summed E-state index contributed by atoms with van der Waals surface area (Å²) in [5.74, 6) is 1.45. The Kier molecular flexibility index (Phi) is 10.1. The molecule has 3 heterocycles. The van der Waals surface area contributed by atoms with Crippen molar-refractivity contribution in [2.45, 2.75) is 12.8 Å². The van der Waals surface area contributed by atoms with Crippen LogP contribution in [0.1, 0.15) is 28.5 Å². The van der Waals surface area contributed by atoms with Gasteiger partial charge in [0.25, 0.3) is 0 Å². The van der Waals surface area contributed by atoms with Crippen LogP contribution in [0, 0.1) is 5.41 Å². The summed E-state index contributed by atoms with van der Waals surface area (Å²) in [6.07, 6.45) is 5.20. The first kappa shape index (κ1) is 30.9. The third-order valence-corrected chi connectivity index (χ3v) is 8.35. The number of pyridine rings is 2. The molecule has 1 aliphatic heterocycles. The van der Waals surface area contributed by atoms with Crippen LogP contribution in [-0.4, -0.2) is 82.7 Å². The number of hydrogen-bond acceptors (Lipinski definition) is 10. The summed E-state index contributed by atoms with van der Waals surface area (Å²) in [6.45, 7) is 3.42. The lowest BCUT2D eigenvalue weighted by Crippen LogP contribution is -2.47. The number of benzene rings is 1. The zero-order chi connectivity index (χ0) is 29.8. The largest absolute Gasteiger partial charge is 0.493 e. The first-order valence-corrected chi connectivity index (χ1v) is 15.0. The maximum Gasteiger partial charge on any atom is 0.177 e. The number of rotatable bonds is 10. The van der Waals surface area contributed by atoms with E-state index in [0.29, 0.717) is 60.9 Å². The molecular formula is C27H34Cl2N8O3S. The molecule has 41 heavy (non-hydrogen) atoms. The van der Waals surface area contributed by atoms with E-state index in [4.69, 9.17) is 54.5 Å². The summed E-state index contributed by atoms with van der Waals surface area (Å²) < 4.78 is 25.3. The summed E-state index contributed by atoms with van der Waals surface area (Å²) >= 11 is 12.5. The van der Waals surface area contributed by atoms with Crippen LogP contribution >= 0.6 is 23.2 Å². The van der Waals surface area contributed by atoms with Crippen molar-refractivity contribution in [3.8, 4) is 11.5 Å². The summed E-state index contributed by atoms with van der Waals surface area (Å²) in [5, 5.41) is 9.57. The van der Waals surface area contributed by atoms with Crippen LogP contribution in [0.4, 0.5) is 11.5 Å². The Hall–Kier alpha value is -3.00. The van der Waals surface area contributed by atoms with Crippen molar-refractivity contribution in [1.29, 1.82) is 5.41 Å². The summed E-state index contributed by atoms with van der Waals surface area (Å²) in [7, 11) is 4.45. The predicted molar refractivity (Wildman–Crippen MR) is 165 cm³/mol. The highest BCUT2D eigenvalue weighted by atomic mass is 35.5. The minimum absolute atomic E-state index is 0.161. The molecule has 0 radical (unpaired) electrons. The van der Waals surface area contributed by atoms with Crippen LogP contribution < -0.4 is 25.8 Å². The van der Waals surface area contributed by atoms with Gasteiger partial charge in [0.05, 0.1) is 33.9 Å². The lowest BCUT2D eigenvalue weighted by molar-refractivity contribution is 0.204. The fourth-order valence-corrected chi connectivity index (χ4v) is 5.88. The third-order valence-electron chi connectivity index (χ3n) is 6.65. The SMILES string of the molecule is COc1cc(N)c(C(=N)c2cnc(N3CCN(S(C)=O)CC3)c(CN(C)C)c2)cc1O[C@H](N)c1c(Cl)cncc1Cl. The van der Waals surface area contributed by atoms with Crippen molar-refractivity contribution in [3.63, 3.8) is 0 Å². The van der Waals surface area contributed by atoms with Crippen LogP contribution in [0.2, 0.25) is 10.0 Å². The molecule has 14 heteroatoms. The lowest BCUT2D eigenvalue weighted by atomic mass is 9.99. The van der Waals surface area contributed by atoms with Gasteiger partial charge in [-0.25, -0.2) is 13.5 Å². The molecule has 5 N–H and O–H groups in total. The van der Waals surface area contributed by atoms with Crippen molar-refractivity contribution in [3.05, 3.63) is 69.1 Å². The molecule has 1 aromatic carbocycles. The Morgan fingerprint density at radius 2 is 1.78 bits per heavy atom. The number of nitrogens with one attached hydrogen (secondary N) is 1. The third kappa shape index (κ3) is 7.08. The first-order valence-electron chi connectivity index (χ1n) is 12.7. The molecule has 220 valence electrons. The summed E-state index contributed by atoms with van der Waals surface area (Å²) in [6, 6.07) is 5.16. The van der Waals surface area contributed by atoms with Gasteiger partial charge in [0.15, 0.2) is 17.7 Å². The van der Waals surface area contributed by atoms with Gasteiger partial charge in [0, 0.05) is 91.6 Å². The van der Waals surface area contributed by atoms with E-state index < -0.39 is 17.2 Å². The molecule has 3 aromatic rings. The second kappa shape index (κ2) is 13.3. The number of nitrogens with zero attached hydrogens (tertiary/aromatic N) is 5. The van der Waals surface area contributed by atoms with E-state index >= 15 is 0 Å². The Balaban J connectivity index is 1.66. The van der Waals surface area contributed by atoms with E-state index in [2.05, 4.69) is 14.8 Å². The van der Waals surface area contributed by atoms with E-state index in [1.54, 1.807) is 24.6 Å². The van der Waals surface area contributed by atoms with Gasteiger partial charge < -0.3 is 25.0 Å². The number of halogens is 2. The second-order valence-electron chi connectivity index (χ2n) is 9.80. The van der Waals surface area contributed by atoms with Crippen molar-refractivity contribution in [2.75, 3.05) is 64.3 Å². The molecule has 0 saturated carbocycles. The van der Waals surface area contributed by atoms with Gasteiger partial charge in [0.1, 0.15) is 5.82 Å². The molecule has 1 unspecified atom stereocenters. The average Bonchev–Trinajstić information content (AvgIpc) is 2.93. The molecule has 1 saturated heterocycles. The van der Waals surface area contributed by atoms with E-state index in [9.17, 15) is 4.21 Å². The second-order valence-corrected chi connectivity index (χ2v) is 12.0. The molecule has 2 atom stereocenters. The van der Waals surface area contributed by atoms with Crippen molar-refractivity contribution < 1.29 is 13.7 Å². The van der Waals surface area contributed by atoms with Crippen LogP contribution in [0.3, 0.4) is 0 Å². The maximum atomic E-state index is 11.9. The zero-order valence-corrected chi connectivity index (χ0v) is 25.7. The number of anilines is 2. The van der Waals surface area contributed by atoms with Crippen molar-refractivity contribution in [2.24, 2.45) is 5.73 Å². The highest BCUT2D eigenvalue weighted by molar-refractivity contribution is 7.81. The average molecular weight is 622 g/mol. The molecule has 0 spiro atoms. The molecule has 4 rings (SSSR count). The number of nitrogen functional groups attached to an aromatic ring is 1. The normalized spacial score (nSPS) is 15.6. The minimum atomic E-state index is -1.03. The van der Waals surface area contributed by atoms with E-state index in [1.165, 1.54) is 19.5 Å². The Bertz CT molecular complexity index is 1430. The van der Waals surface area contributed by atoms with Gasteiger partial charge in [-0.3, -0.25) is 16.1 Å². The number of piperazine rings is 1. The predicted octanol–water partition coefficient (Wildman–Crippen LogP) is 3.30. The van der Waals surface area contributed by atoms with Gasteiger partial charge in [-0.15, -0.1) is 0 Å². The highest BCUT2D eigenvalue weighted by Gasteiger charge is 2.24.